The first-order chi connectivity index (χ1) is 11.4. The summed E-state index contributed by atoms with van der Waals surface area (Å²) in [5, 5.41) is 2.60. The number of carbonyl (C=O) groups excluding carboxylic acids is 2. The van der Waals surface area contributed by atoms with Crippen LogP contribution in [-0.4, -0.2) is 30.8 Å². The van der Waals surface area contributed by atoms with Gasteiger partial charge in [-0.2, -0.15) is 0 Å². The predicted molar refractivity (Wildman–Crippen MR) is 94.4 cm³/mol. The second-order valence-corrected chi connectivity index (χ2v) is 6.08. The number of esters is 1. The Bertz CT molecular complexity index is 571. The number of amides is 1. The van der Waals surface area contributed by atoms with Crippen molar-refractivity contribution < 1.29 is 19.1 Å². The minimum Gasteiger partial charge on any atom is -0.462 e. The van der Waals surface area contributed by atoms with Gasteiger partial charge >= 0.3 is 12.1 Å². The van der Waals surface area contributed by atoms with Gasteiger partial charge in [0.2, 0.25) is 0 Å². The molecule has 0 aliphatic carbocycles. The predicted octanol–water partition coefficient (Wildman–Crippen LogP) is 3.71. The molecule has 0 radical (unpaired) electrons. The van der Waals surface area contributed by atoms with E-state index < -0.39 is 17.7 Å². The fourth-order valence-electron chi connectivity index (χ4n) is 1.66. The second-order valence-electron chi connectivity index (χ2n) is 6.08. The largest absolute Gasteiger partial charge is 0.462 e. The van der Waals surface area contributed by atoms with Gasteiger partial charge in [-0.05, 0) is 32.8 Å². The van der Waals surface area contributed by atoms with Crippen LogP contribution in [-0.2, 0) is 14.3 Å². The lowest BCUT2D eigenvalue weighted by Crippen LogP contribution is -2.33. The number of alkyl carbamates (subject to hydrolysis) is 1. The van der Waals surface area contributed by atoms with Crippen LogP contribution >= 0.6 is 0 Å². The molecule has 5 nitrogen and oxygen atoms in total. The summed E-state index contributed by atoms with van der Waals surface area (Å²) in [6, 6.07) is 9.79. The normalized spacial score (nSPS) is 11.6. The van der Waals surface area contributed by atoms with Gasteiger partial charge in [0.05, 0.1) is 6.61 Å². The molecule has 0 unspecified atom stereocenters. The molecular formula is C19H25NO4. The maximum atomic E-state index is 11.5. The maximum absolute atomic E-state index is 11.5. The van der Waals surface area contributed by atoms with E-state index in [0.717, 1.165) is 5.56 Å². The molecule has 0 saturated carbocycles. The van der Waals surface area contributed by atoms with Crippen molar-refractivity contribution in [2.24, 2.45) is 0 Å². The summed E-state index contributed by atoms with van der Waals surface area (Å²) in [5.74, 6) is -0.412. The molecule has 0 heterocycles. The third kappa shape index (κ3) is 10.2. The number of ether oxygens (including phenoxy) is 2. The quantitative estimate of drug-likeness (QED) is 0.358. The zero-order chi connectivity index (χ0) is 17.8. The molecule has 1 N–H and O–H groups in total. The Morgan fingerprint density at radius 1 is 1.12 bits per heavy atom. The highest BCUT2D eigenvalue weighted by atomic mass is 16.6. The third-order valence-electron chi connectivity index (χ3n) is 2.67. The highest BCUT2D eigenvalue weighted by Crippen LogP contribution is 2.06. The van der Waals surface area contributed by atoms with E-state index in [9.17, 15) is 9.59 Å². The fraction of sp³-hybridized carbons (Fsp3) is 0.368. The molecule has 1 rings (SSSR count). The monoisotopic (exact) mass is 331 g/mol. The van der Waals surface area contributed by atoms with Crippen LogP contribution < -0.4 is 5.32 Å². The van der Waals surface area contributed by atoms with E-state index in [1.807, 2.05) is 36.4 Å². The van der Waals surface area contributed by atoms with E-state index in [1.54, 1.807) is 32.9 Å². The number of benzene rings is 1. The van der Waals surface area contributed by atoms with Gasteiger partial charge in [-0.15, -0.1) is 0 Å². The Morgan fingerprint density at radius 2 is 1.83 bits per heavy atom. The van der Waals surface area contributed by atoms with Crippen molar-refractivity contribution in [3.05, 3.63) is 54.1 Å². The first-order valence-corrected chi connectivity index (χ1v) is 7.90. The summed E-state index contributed by atoms with van der Waals surface area (Å²) in [6.45, 7) is 6.02. The standard InChI is InChI=1S/C19H25NO4/c1-19(2,3)24-18(22)20-14-9-15-23-17(21)13-8-7-12-16-10-5-4-6-11-16/h4-8,10-13H,9,14-15H2,1-3H3,(H,20,22)/b12-7+,13-8+. The Labute approximate surface area is 143 Å². The van der Waals surface area contributed by atoms with Crippen LogP contribution in [0.3, 0.4) is 0 Å². The molecule has 24 heavy (non-hydrogen) atoms. The number of hydrogen-bond donors (Lipinski definition) is 1. The third-order valence-corrected chi connectivity index (χ3v) is 2.67. The van der Waals surface area contributed by atoms with E-state index in [1.165, 1.54) is 6.08 Å². The molecule has 5 heteroatoms. The van der Waals surface area contributed by atoms with Gasteiger partial charge in [0.1, 0.15) is 5.60 Å². The lowest BCUT2D eigenvalue weighted by Gasteiger charge is -2.19. The summed E-state index contributed by atoms with van der Waals surface area (Å²) < 4.78 is 10.1. The molecule has 1 aromatic carbocycles. The van der Waals surface area contributed by atoms with Gasteiger partial charge in [0, 0.05) is 12.6 Å². The van der Waals surface area contributed by atoms with Gasteiger partial charge in [0.25, 0.3) is 0 Å². The number of hydrogen-bond acceptors (Lipinski definition) is 4. The first kappa shape index (κ1) is 19.5. The van der Waals surface area contributed by atoms with Crippen LogP contribution in [0, 0.1) is 0 Å². The molecule has 0 saturated heterocycles. The average molecular weight is 331 g/mol. The molecule has 0 aromatic heterocycles. The van der Waals surface area contributed by atoms with Crippen molar-refractivity contribution in [2.45, 2.75) is 32.8 Å². The van der Waals surface area contributed by atoms with E-state index in [2.05, 4.69) is 5.32 Å². The second kappa shape index (κ2) is 10.3. The van der Waals surface area contributed by atoms with Crippen molar-refractivity contribution in [1.29, 1.82) is 0 Å². The fourth-order valence-corrected chi connectivity index (χ4v) is 1.66. The number of rotatable bonds is 7. The smallest absolute Gasteiger partial charge is 0.407 e. The molecule has 0 aliphatic rings. The maximum Gasteiger partial charge on any atom is 0.407 e. The number of nitrogens with one attached hydrogen (secondary N) is 1. The van der Waals surface area contributed by atoms with Crippen LogP contribution in [0.2, 0.25) is 0 Å². The zero-order valence-corrected chi connectivity index (χ0v) is 14.5. The number of allylic oxidation sites excluding steroid dienone is 2. The molecular weight excluding hydrogens is 306 g/mol. The zero-order valence-electron chi connectivity index (χ0n) is 14.5. The molecule has 0 fully saturated rings. The number of carbonyl (C=O) groups is 2. The van der Waals surface area contributed by atoms with Crippen LogP contribution in [0.1, 0.15) is 32.8 Å². The molecule has 0 bridgehead atoms. The van der Waals surface area contributed by atoms with Crippen molar-refractivity contribution in [3.8, 4) is 0 Å². The minimum atomic E-state index is -0.519. The molecule has 0 aliphatic heterocycles. The van der Waals surface area contributed by atoms with Gasteiger partial charge in [-0.1, -0.05) is 48.6 Å². The van der Waals surface area contributed by atoms with Crippen LogP contribution in [0.25, 0.3) is 6.08 Å². The summed E-state index contributed by atoms with van der Waals surface area (Å²) in [5.41, 5.74) is 0.540. The summed E-state index contributed by atoms with van der Waals surface area (Å²) in [7, 11) is 0. The van der Waals surface area contributed by atoms with Crippen molar-refractivity contribution in [3.63, 3.8) is 0 Å². The average Bonchev–Trinajstić information content (AvgIpc) is 2.50. The van der Waals surface area contributed by atoms with Gasteiger partial charge in [-0.25, -0.2) is 9.59 Å². The lowest BCUT2D eigenvalue weighted by atomic mass is 10.2. The minimum absolute atomic E-state index is 0.237. The Kier molecular flexibility index (Phi) is 8.33. The van der Waals surface area contributed by atoms with Gasteiger partial charge < -0.3 is 14.8 Å². The lowest BCUT2D eigenvalue weighted by molar-refractivity contribution is -0.137. The van der Waals surface area contributed by atoms with Gasteiger partial charge in [0.15, 0.2) is 0 Å². The van der Waals surface area contributed by atoms with E-state index >= 15 is 0 Å². The highest BCUT2D eigenvalue weighted by molar-refractivity contribution is 5.82. The topological polar surface area (TPSA) is 64.6 Å². The van der Waals surface area contributed by atoms with Crippen LogP contribution in [0.15, 0.2) is 48.6 Å². The molecule has 0 atom stereocenters. The van der Waals surface area contributed by atoms with Gasteiger partial charge in [-0.3, -0.25) is 0 Å². The first-order valence-electron chi connectivity index (χ1n) is 7.90. The van der Waals surface area contributed by atoms with E-state index in [-0.39, 0.29) is 6.61 Å². The van der Waals surface area contributed by atoms with Crippen molar-refractivity contribution >= 4 is 18.1 Å². The SMILES string of the molecule is CC(C)(C)OC(=O)NCCCOC(=O)/C=C/C=C/c1ccccc1. The Balaban J connectivity index is 2.13. The van der Waals surface area contributed by atoms with Crippen LogP contribution in [0.4, 0.5) is 4.79 Å². The van der Waals surface area contributed by atoms with Crippen molar-refractivity contribution in [1.82, 2.24) is 5.32 Å². The van der Waals surface area contributed by atoms with Crippen LogP contribution in [0.5, 0.6) is 0 Å². The van der Waals surface area contributed by atoms with Crippen molar-refractivity contribution in [2.75, 3.05) is 13.2 Å². The molecule has 1 aromatic rings. The molecule has 130 valence electrons. The Morgan fingerprint density at radius 3 is 2.50 bits per heavy atom. The Hall–Kier alpha value is -2.56. The summed E-state index contributed by atoms with van der Waals surface area (Å²) in [4.78, 5) is 22.9. The van der Waals surface area contributed by atoms with E-state index in [4.69, 9.17) is 9.47 Å². The van der Waals surface area contributed by atoms with E-state index in [0.29, 0.717) is 13.0 Å². The molecule has 1 amide bonds. The summed E-state index contributed by atoms with van der Waals surface area (Å²) >= 11 is 0. The molecule has 0 spiro atoms. The summed E-state index contributed by atoms with van der Waals surface area (Å²) in [6.07, 6.45) is 6.72. The highest BCUT2D eigenvalue weighted by Gasteiger charge is 2.15.